The van der Waals surface area contributed by atoms with Crippen LogP contribution >= 0.6 is 0 Å². The van der Waals surface area contributed by atoms with Crippen molar-refractivity contribution in [1.29, 1.82) is 0 Å². The van der Waals surface area contributed by atoms with Crippen LogP contribution in [0, 0.1) is 11.8 Å². The van der Waals surface area contributed by atoms with Gasteiger partial charge in [-0.2, -0.15) is 0 Å². The lowest BCUT2D eigenvalue weighted by molar-refractivity contribution is -0.132. The van der Waals surface area contributed by atoms with Crippen molar-refractivity contribution in [3.8, 4) is 11.5 Å². The molecule has 1 aromatic carbocycles. The van der Waals surface area contributed by atoms with Crippen LogP contribution < -0.4 is 19.7 Å². The summed E-state index contributed by atoms with van der Waals surface area (Å²) in [5.74, 6) is -0.103. The molecule has 8 nitrogen and oxygen atoms in total. The van der Waals surface area contributed by atoms with E-state index < -0.39 is 17.4 Å². The molecule has 2 amide bonds. The molecule has 0 saturated carbocycles. The Morgan fingerprint density at radius 2 is 2.03 bits per heavy atom. The number of fused-ring (bicyclic) bond motifs is 2. The Morgan fingerprint density at radius 3 is 2.90 bits per heavy atom. The Morgan fingerprint density at radius 1 is 1.20 bits per heavy atom. The topological polar surface area (TPSA) is 90.0 Å². The quantitative estimate of drug-likeness (QED) is 0.774. The SMILES string of the molecule is O=C(NCc1ccncc1)[C@H]1[C@H]2C=C[C@]3(CN(c4ccc5c(c4)OCO5)C(=O)[C@@H]13)O2. The molecule has 152 valence electrons. The van der Waals surface area contributed by atoms with E-state index in [1.165, 1.54) is 0 Å². The third-order valence-corrected chi connectivity index (χ3v) is 6.29. The minimum atomic E-state index is -0.767. The lowest BCUT2D eigenvalue weighted by atomic mass is 9.77. The van der Waals surface area contributed by atoms with Gasteiger partial charge >= 0.3 is 0 Å². The molecule has 6 rings (SSSR count). The third-order valence-electron chi connectivity index (χ3n) is 6.29. The lowest BCUT2D eigenvalue weighted by Crippen LogP contribution is -2.43. The van der Waals surface area contributed by atoms with Crippen LogP contribution in [-0.4, -0.2) is 41.8 Å². The molecule has 0 unspecified atom stereocenters. The van der Waals surface area contributed by atoms with Crippen molar-refractivity contribution < 1.29 is 23.8 Å². The molecule has 4 aliphatic rings. The van der Waals surface area contributed by atoms with Crippen molar-refractivity contribution in [2.75, 3.05) is 18.2 Å². The smallest absolute Gasteiger partial charge is 0.234 e. The molecule has 0 radical (unpaired) electrons. The number of anilines is 1. The first-order valence-corrected chi connectivity index (χ1v) is 9.89. The van der Waals surface area contributed by atoms with Gasteiger partial charge in [0.2, 0.25) is 18.6 Å². The molecule has 2 bridgehead atoms. The third kappa shape index (κ3) is 2.46. The number of aromatic nitrogens is 1. The fraction of sp³-hybridized carbons (Fsp3) is 0.318. The van der Waals surface area contributed by atoms with Crippen LogP contribution in [0.25, 0.3) is 0 Å². The first-order chi connectivity index (χ1) is 14.6. The molecule has 8 heteroatoms. The number of pyridine rings is 1. The van der Waals surface area contributed by atoms with Gasteiger partial charge in [0, 0.05) is 30.7 Å². The summed E-state index contributed by atoms with van der Waals surface area (Å²) in [5, 5.41) is 2.96. The van der Waals surface area contributed by atoms with Crippen LogP contribution in [0.15, 0.2) is 54.9 Å². The van der Waals surface area contributed by atoms with Crippen molar-refractivity contribution in [2.24, 2.45) is 11.8 Å². The van der Waals surface area contributed by atoms with Crippen molar-refractivity contribution in [1.82, 2.24) is 10.3 Å². The summed E-state index contributed by atoms with van der Waals surface area (Å²) < 4.78 is 17.0. The normalized spacial score (nSPS) is 30.1. The predicted octanol–water partition coefficient (Wildman–Crippen LogP) is 1.41. The average molecular weight is 405 g/mol. The number of ether oxygens (including phenoxy) is 3. The summed E-state index contributed by atoms with van der Waals surface area (Å²) in [4.78, 5) is 32.1. The molecular formula is C22H19N3O5. The van der Waals surface area contributed by atoms with Gasteiger partial charge in [0.1, 0.15) is 5.60 Å². The van der Waals surface area contributed by atoms with Crippen LogP contribution in [0.3, 0.4) is 0 Å². The number of hydrogen-bond donors (Lipinski definition) is 1. The van der Waals surface area contributed by atoms with E-state index in [0.717, 1.165) is 5.56 Å². The second kappa shape index (κ2) is 6.30. The summed E-state index contributed by atoms with van der Waals surface area (Å²) in [6.07, 6.45) is 6.84. The number of nitrogens with one attached hydrogen (secondary N) is 1. The molecular weight excluding hydrogens is 386 g/mol. The predicted molar refractivity (Wildman–Crippen MR) is 105 cm³/mol. The van der Waals surface area contributed by atoms with E-state index in [-0.39, 0.29) is 24.7 Å². The van der Waals surface area contributed by atoms with E-state index in [9.17, 15) is 9.59 Å². The second-order valence-corrected chi connectivity index (χ2v) is 7.94. The highest BCUT2D eigenvalue weighted by molar-refractivity contribution is 6.03. The van der Waals surface area contributed by atoms with E-state index in [2.05, 4.69) is 10.3 Å². The number of amides is 2. The largest absolute Gasteiger partial charge is 0.454 e. The average Bonchev–Trinajstić information content (AvgIpc) is 3.53. The Labute approximate surface area is 172 Å². The number of hydrogen-bond acceptors (Lipinski definition) is 6. The van der Waals surface area contributed by atoms with E-state index in [1.54, 1.807) is 29.4 Å². The van der Waals surface area contributed by atoms with E-state index in [4.69, 9.17) is 14.2 Å². The molecule has 4 atom stereocenters. The lowest BCUT2D eigenvalue weighted by Gasteiger charge is -2.23. The van der Waals surface area contributed by atoms with Crippen LogP contribution in [0.4, 0.5) is 5.69 Å². The monoisotopic (exact) mass is 405 g/mol. The zero-order chi connectivity index (χ0) is 20.3. The number of benzene rings is 1. The van der Waals surface area contributed by atoms with Gasteiger partial charge in [0.05, 0.1) is 24.5 Å². The molecule has 5 heterocycles. The van der Waals surface area contributed by atoms with E-state index in [1.807, 2.05) is 30.4 Å². The van der Waals surface area contributed by atoms with Crippen LogP contribution in [0.1, 0.15) is 5.56 Å². The Bertz CT molecular complexity index is 1070. The minimum Gasteiger partial charge on any atom is -0.454 e. The number of carbonyl (C=O) groups excluding carboxylic acids is 2. The molecule has 4 aliphatic heterocycles. The summed E-state index contributed by atoms with van der Waals surface area (Å²) in [7, 11) is 0. The van der Waals surface area contributed by atoms with Crippen molar-refractivity contribution in [2.45, 2.75) is 18.2 Å². The number of rotatable bonds is 4. The molecule has 2 saturated heterocycles. The van der Waals surface area contributed by atoms with Crippen molar-refractivity contribution >= 4 is 17.5 Å². The fourth-order valence-electron chi connectivity index (χ4n) is 4.88. The highest BCUT2D eigenvalue weighted by atomic mass is 16.7. The summed E-state index contributed by atoms with van der Waals surface area (Å²) >= 11 is 0. The van der Waals surface area contributed by atoms with Crippen LogP contribution in [0.5, 0.6) is 11.5 Å². The Balaban J connectivity index is 1.25. The maximum Gasteiger partial charge on any atom is 0.234 e. The zero-order valence-electron chi connectivity index (χ0n) is 16.0. The first-order valence-electron chi connectivity index (χ1n) is 9.89. The van der Waals surface area contributed by atoms with Crippen molar-refractivity contribution in [3.05, 3.63) is 60.4 Å². The Kier molecular flexibility index (Phi) is 3.67. The first kappa shape index (κ1) is 17.5. The minimum absolute atomic E-state index is 0.107. The van der Waals surface area contributed by atoms with Gasteiger partial charge < -0.3 is 24.4 Å². The van der Waals surface area contributed by atoms with Gasteiger partial charge in [-0.15, -0.1) is 0 Å². The van der Waals surface area contributed by atoms with Crippen LogP contribution in [-0.2, 0) is 20.9 Å². The molecule has 0 aliphatic carbocycles. The summed E-state index contributed by atoms with van der Waals surface area (Å²) in [6, 6.07) is 9.12. The number of nitrogens with zero attached hydrogens (tertiary/aromatic N) is 2. The second-order valence-electron chi connectivity index (χ2n) is 7.94. The standard InChI is InChI=1S/C22H19N3O5/c26-20(24-10-13-4-7-23-8-5-13)18-16-3-6-22(30-16)11-25(21(27)19(18)22)14-1-2-15-17(9-14)29-12-28-15/h1-9,16,18-19H,10-12H2,(H,24,26)/t16-,18+,19-,22-/m1/s1. The summed E-state index contributed by atoms with van der Waals surface area (Å²) in [6.45, 7) is 0.928. The van der Waals surface area contributed by atoms with Gasteiger partial charge in [-0.1, -0.05) is 12.2 Å². The van der Waals surface area contributed by atoms with Gasteiger partial charge in [-0.25, -0.2) is 0 Å². The fourth-order valence-corrected chi connectivity index (χ4v) is 4.88. The van der Waals surface area contributed by atoms with Gasteiger partial charge in [-0.05, 0) is 29.8 Å². The molecule has 2 aromatic rings. The molecule has 1 aromatic heterocycles. The molecule has 1 N–H and O–H groups in total. The highest BCUT2D eigenvalue weighted by Gasteiger charge is 2.67. The maximum absolute atomic E-state index is 13.4. The Hall–Kier alpha value is -3.39. The van der Waals surface area contributed by atoms with E-state index in [0.29, 0.717) is 30.3 Å². The van der Waals surface area contributed by atoms with Gasteiger partial charge in [0.15, 0.2) is 11.5 Å². The number of carbonyl (C=O) groups is 2. The molecule has 30 heavy (non-hydrogen) atoms. The van der Waals surface area contributed by atoms with Gasteiger partial charge in [0.25, 0.3) is 0 Å². The molecule has 2 fully saturated rings. The zero-order valence-corrected chi connectivity index (χ0v) is 16.0. The van der Waals surface area contributed by atoms with E-state index >= 15 is 0 Å². The highest BCUT2D eigenvalue weighted by Crippen LogP contribution is 2.53. The maximum atomic E-state index is 13.4. The van der Waals surface area contributed by atoms with Crippen molar-refractivity contribution in [3.63, 3.8) is 0 Å². The molecule has 1 spiro atoms. The summed E-state index contributed by atoms with van der Waals surface area (Å²) in [5.41, 5.74) is 0.897. The van der Waals surface area contributed by atoms with Crippen LogP contribution in [0.2, 0.25) is 0 Å². The van der Waals surface area contributed by atoms with Gasteiger partial charge in [-0.3, -0.25) is 14.6 Å².